The average Bonchev–Trinajstić information content (AvgIpc) is 1.98. The van der Waals surface area contributed by atoms with E-state index in [0.717, 1.165) is 6.08 Å². The molecular weight excluding hydrogens is 182 g/mol. The molecule has 0 atom stereocenters. The number of rotatable bonds is 5. The molecule has 0 aromatic heterocycles. The van der Waals surface area contributed by atoms with E-state index in [0.29, 0.717) is 11.8 Å². The van der Waals surface area contributed by atoms with Crippen LogP contribution < -0.4 is 5.73 Å². The minimum absolute atomic E-state index is 0.103. The summed E-state index contributed by atoms with van der Waals surface area (Å²) in [7, 11) is -3.72. The van der Waals surface area contributed by atoms with E-state index in [9.17, 15) is 13.2 Å². The predicted octanol–water partition coefficient (Wildman–Crippen LogP) is -0.258. The van der Waals surface area contributed by atoms with Crippen LogP contribution in [0.1, 0.15) is 13.3 Å². The molecule has 0 aliphatic heterocycles. The van der Waals surface area contributed by atoms with Crippen LogP contribution in [0.25, 0.3) is 0 Å². The highest BCUT2D eigenvalue weighted by Crippen LogP contribution is 1.95. The fourth-order valence-electron chi connectivity index (χ4n) is 0.389. The molecular formula is C6H11NO4S. The van der Waals surface area contributed by atoms with Crippen molar-refractivity contribution in [3.63, 3.8) is 0 Å². The SMILES string of the molecule is CCCOS(=O)(=O)C=CC(N)=O. The van der Waals surface area contributed by atoms with Crippen molar-refractivity contribution in [2.24, 2.45) is 5.73 Å². The second kappa shape index (κ2) is 4.89. The summed E-state index contributed by atoms with van der Waals surface area (Å²) in [4.78, 5) is 10.1. The van der Waals surface area contributed by atoms with Crippen LogP contribution in [0.4, 0.5) is 0 Å². The first-order valence-corrected chi connectivity index (χ1v) is 4.82. The quantitative estimate of drug-likeness (QED) is 0.481. The lowest BCUT2D eigenvalue weighted by atomic mass is 10.5. The molecule has 0 radical (unpaired) electrons. The normalized spacial score (nSPS) is 12.1. The molecule has 0 saturated carbocycles. The van der Waals surface area contributed by atoms with E-state index < -0.39 is 16.0 Å². The smallest absolute Gasteiger partial charge is 0.290 e. The second-order valence-corrected chi connectivity index (χ2v) is 3.51. The first-order chi connectivity index (χ1) is 5.48. The zero-order chi connectivity index (χ0) is 9.61. The van der Waals surface area contributed by atoms with Crippen molar-refractivity contribution in [2.45, 2.75) is 13.3 Å². The lowest BCUT2D eigenvalue weighted by molar-refractivity contribution is -0.113. The summed E-state index contributed by atoms with van der Waals surface area (Å²) in [5.74, 6) is -0.821. The molecule has 0 aliphatic rings. The standard InChI is InChI=1S/C6H11NO4S/c1-2-4-11-12(9,10)5-3-6(7)8/h3,5H,2,4H2,1H3,(H2,7,8). The minimum atomic E-state index is -3.72. The fraction of sp³-hybridized carbons (Fsp3) is 0.500. The highest BCUT2D eigenvalue weighted by Gasteiger charge is 2.04. The third-order valence-electron chi connectivity index (χ3n) is 0.851. The van der Waals surface area contributed by atoms with E-state index in [-0.39, 0.29) is 6.61 Å². The van der Waals surface area contributed by atoms with Gasteiger partial charge in [0, 0.05) is 6.08 Å². The second-order valence-electron chi connectivity index (χ2n) is 2.02. The maximum atomic E-state index is 10.8. The Morgan fingerprint density at radius 3 is 2.58 bits per heavy atom. The molecule has 5 nitrogen and oxygen atoms in total. The van der Waals surface area contributed by atoms with Crippen molar-refractivity contribution >= 4 is 16.0 Å². The first-order valence-electron chi connectivity index (χ1n) is 3.35. The van der Waals surface area contributed by atoms with Gasteiger partial charge in [0.25, 0.3) is 10.1 Å². The van der Waals surface area contributed by atoms with Crippen molar-refractivity contribution in [2.75, 3.05) is 6.61 Å². The molecule has 0 rings (SSSR count). The number of primary amides is 1. The van der Waals surface area contributed by atoms with Gasteiger partial charge in [-0.05, 0) is 6.42 Å². The first kappa shape index (κ1) is 11.1. The molecule has 0 unspecified atom stereocenters. The van der Waals surface area contributed by atoms with Crippen LogP contribution in [0.15, 0.2) is 11.5 Å². The molecule has 12 heavy (non-hydrogen) atoms. The molecule has 0 fully saturated rings. The minimum Gasteiger partial charge on any atom is -0.366 e. The van der Waals surface area contributed by atoms with E-state index in [4.69, 9.17) is 0 Å². The predicted molar refractivity (Wildman–Crippen MR) is 43.5 cm³/mol. The van der Waals surface area contributed by atoms with Crippen LogP contribution in [0, 0.1) is 0 Å². The van der Waals surface area contributed by atoms with Crippen molar-refractivity contribution in [3.05, 3.63) is 11.5 Å². The van der Waals surface area contributed by atoms with E-state index in [1.807, 2.05) is 0 Å². The van der Waals surface area contributed by atoms with Gasteiger partial charge in [-0.2, -0.15) is 8.42 Å². The van der Waals surface area contributed by atoms with Crippen molar-refractivity contribution in [3.8, 4) is 0 Å². The van der Waals surface area contributed by atoms with Crippen LogP contribution in [0.2, 0.25) is 0 Å². The summed E-state index contributed by atoms with van der Waals surface area (Å²) in [6.07, 6.45) is 1.33. The summed E-state index contributed by atoms with van der Waals surface area (Å²) in [5.41, 5.74) is 4.68. The van der Waals surface area contributed by atoms with Gasteiger partial charge in [0.1, 0.15) is 0 Å². The molecule has 2 N–H and O–H groups in total. The lowest BCUT2D eigenvalue weighted by Crippen LogP contribution is -2.08. The maximum Gasteiger partial charge on any atom is 0.290 e. The third kappa shape index (κ3) is 5.87. The van der Waals surface area contributed by atoms with Gasteiger partial charge in [-0.25, -0.2) is 0 Å². The van der Waals surface area contributed by atoms with Gasteiger partial charge < -0.3 is 5.73 Å². The van der Waals surface area contributed by atoms with Crippen LogP contribution in [0.5, 0.6) is 0 Å². The van der Waals surface area contributed by atoms with Crippen molar-refractivity contribution < 1.29 is 17.4 Å². The number of hydrogen-bond acceptors (Lipinski definition) is 4. The zero-order valence-corrected chi connectivity index (χ0v) is 7.50. The maximum absolute atomic E-state index is 10.8. The van der Waals surface area contributed by atoms with Crippen LogP contribution in [-0.4, -0.2) is 20.9 Å². The van der Waals surface area contributed by atoms with E-state index in [1.54, 1.807) is 6.92 Å². The van der Waals surface area contributed by atoms with Crippen molar-refractivity contribution in [1.82, 2.24) is 0 Å². The summed E-state index contributed by atoms with van der Waals surface area (Å²) in [6.45, 7) is 1.87. The molecule has 0 bridgehead atoms. The van der Waals surface area contributed by atoms with Crippen molar-refractivity contribution in [1.29, 1.82) is 0 Å². The Morgan fingerprint density at radius 2 is 2.17 bits per heavy atom. The molecule has 0 aromatic rings. The highest BCUT2D eigenvalue weighted by molar-refractivity contribution is 7.89. The summed E-state index contributed by atoms with van der Waals surface area (Å²) < 4.78 is 26.0. The molecule has 0 spiro atoms. The van der Waals surface area contributed by atoms with Gasteiger partial charge in [0.2, 0.25) is 5.91 Å². The molecule has 0 heterocycles. The van der Waals surface area contributed by atoms with E-state index in [1.165, 1.54) is 0 Å². The Bertz CT molecular complexity index is 267. The van der Waals surface area contributed by atoms with Gasteiger partial charge >= 0.3 is 0 Å². The summed E-state index contributed by atoms with van der Waals surface area (Å²) in [6, 6.07) is 0. The van der Waals surface area contributed by atoms with Gasteiger partial charge in [0.15, 0.2) is 0 Å². The highest BCUT2D eigenvalue weighted by atomic mass is 32.2. The molecule has 0 aromatic carbocycles. The topological polar surface area (TPSA) is 86.5 Å². The van der Waals surface area contributed by atoms with E-state index in [2.05, 4.69) is 9.92 Å². The number of carbonyl (C=O) groups excluding carboxylic acids is 1. The molecule has 1 amide bonds. The third-order valence-corrected chi connectivity index (χ3v) is 1.82. The lowest BCUT2D eigenvalue weighted by Gasteiger charge is -1.96. The largest absolute Gasteiger partial charge is 0.366 e. The van der Waals surface area contributed by atoms with Gasteiger partial charge in [0.05, 0.1) is 12.0 Å². The number of nitrogens with two attached hydrogens (primary N) is 1. The molecule has 6 heteroatoms. The molecule has 70 valence electrons. The Balaban J connectivity index is 4.14. The number of amides is 1. The number of carbonyl (C=O) groups is 1. The monoisotopic (exact) mass is 193 g/mol. The Morgan fingerprint density at radius 1 is 1.58 bits per heavy atom. The summed E-state index contributed by atoms with van der Waals surface area (Å²) in [5, 5.41) is 0.644. The average molecular weight is 193 g/mol. The fourth-order valence-corrected chi connectivity index (χ4v) is 1.17. The molecule has 0 aliphatic carbocycles. The number of hydrogen-bond donors (Lipinski definition) is 1. The zero-order valence-electron chi connectivity index (χ0n) is 6.69. The Hall–Kier alpha value is -0.880. The summed E-state index contributed by atoms with van der Waals surface area (Å²) >= 11 is 0. The van der Waals surface area contributed by atoms with E-state index >= 15 is 0 Å². The van der Waals surface area contributed by atoms with Gasteiger partial charge in [-0.15, -0.1) is 0 Å². The molecule has 0 saturated heterocycles. The van der Waals surface area contributed by atoms with Crippen LogP contribution in [-0.2, 0) is 19.1 Å². The van der Waals surface area contributed by atoms with Gasteiger partial charge in [-0.1, -0.05) is 6.92 Å². The van der Waals surface area contributed by atoms with Crippen LogP contribution >= 0.6 is 0 Å². The van der Waals surface area contributed by atoms with Crippen LogP contribution in [0.3, 0.4) is 0 Å². The van der Waals surface area contributed by atoms with Gasteiger partial charge in [-0.3, -0.25) is 8.98 Å². The Kier molecular flexibility index (Phi) is 4.53. The Labute approximate surface area is 71.3 Å².